The summed E-state index contributed by atoms with van der Waals surface area (Å²) in [7, 11) is 2.04. The Hall–Kier alpha value is -7.41. The van der Waals surface area contributed by atoms with Gasteiger partial charge in [0.2, 0.25) is 11.8 Å². The maximum absolute atomic E-state index is 16.0. The van der Waals surface area contributed by atoms with Crippen molar-refractivity contribution in [2.45, 2.75) is 122 Å². The van der Waals surface area contributed by atoms with Crippen LogP contribution in [0.2, 0.25) is 5.02 Å². The zero-order valence-electron chi connectivity index (χ0n) is 46.8. The van der Waals surface area contributed by atoms with Gasteiger partial charge in [-0.3, -0.25) is 19.4 Å². The number of aryl methyl sites for hydroxylation is 1. The Morgan fingerprint density at radius 2 is 1.18 bits per heavy atom. The monoisotopic (exact) mass is 1080 g/mol. The fraction of sp³-hybridized carbons (Fsp3) is 0.364. The van der Waals surface area contributed by atoms with Crippen LogP contribution in [0.1, 0.15) is 97.4 Å². The van der Waals surface area contributed by atoms with Crippen molar-refractivity contribution in [2.24, 2.45) is 18.9 Å². The summed E-state index contributed by atoms with van der Waals surface area (Å²) in [6.07, 6.45) is 2.33. The van der Waals surface area contributed by atoms with Gasteiger partial charge in [0.1, 0.15) is 11.2 Å². The number of para-hydroxylation sites is 1. The number of ether oxygens (including phenoxy) is 2. The Kier molecular flexibility index (Phi) is 13.4. The summed E-state index contributed by atoms with van der Waals surface area (Å²) >= 11 is 6.59. The predicted molar refractivity (Wildman–Crippen MR) is 312 cm³/mol. The zero-order valence-corrected chi connectivity index (χ0v) is 47.6. The van der Waals surface area contributed by atoms with Gasteiger partial charge in [-0.25, -0.2) is 9.59 Å². The Morgan fingerprint density at radius 1 is 0.633 bits per heavy atom. The second-order valence-corrected chi connectivity index (χ2v) is 24.9. The third-order valence-electron chi connectivity index (χ3n) is 16.7. The van der Waals surface area contributed by atoms with Crippen LogP contribution in [0.15, 0.2) is 140 Å². The molecule has 5 heterocycles. The van der Waals surface area contributed by atoms with Gasteiger partial charge in [0.25, 0.3) is 0 Å². The van der Waals surface area contributed by atoms with E-state index in [1.807, 2.05) is 132 Å². The Bertz CT molecular complexity index is 3590. The third-order valence-corrected chi connectivity index (χ3v) is 17.1. The number of aliphatic hydroxyl groups excluding tert-OH is 1. The second-order valence-electron chi connectivity index (χ2n) is 24.5. The molecule has 2 unspecified atom stereocenters. The molecule has 408 valence electrons. The molecule has 7 aromatic rings. The molecule has 2 spiro atoms. The number of halogens is 1. The number of carbonyl (C=O) groups is 4. The first-order chi connectivity index (χ1) is 37.5. The Morgan fingerprint density at radius 3 is 1.76 bits per heavy atom. The van der Waals surface area contributed by atoms with Crippen LogP contribution in [0, 0.1) is 11.8 Å². The van der Waals surface area contributed by atoms with Crippen LogP contribution in [0.3, 0.4) is 0 Å². The molecule has 0 saturated carbocycles. The zero-order chi connectivity index (χ0) is 56.1. The first-order valence-electron chi connectivity index (χ1n) is 27.6. The summed E-state index contributed by atoms with van der Waals surface area (Å²) in [4.78, 5) is 68.1. The van der Waals surface area contributed by atoms with E-state index in [1.54, 1.807) is 20.8 Å². The van der Waals surface area contributed by atoms with Crippen molar-refractivity contribution >= 4 is 69.3 Å². The van der Waals surface area contributed by atoms with E-state index in [9.17, 15) is 14.7 Å². The number of nitrogens with zero attached hydrogens (tertiary/aromatic N) is 5. The van der Waals surface area contributed by atoms with Crippen LogP contribution in [0.4, 0.5) is 32.3 Å². The van der Waals surface area contributed by atoms with Crippen LogP contribution in [-0.2, 0) is 50.0 Å². The van der Waals surface area contributed by atoms with Gasteiger partial charge in [0.05, 0.1) is 40.9 Å². The highest BCUT2D eigenvalue weighted by Gasteiger charge is 2.65. The van der Waals surface area contributed by atoms with Crippen molar-refractivity contribution in [1.82, 2.24) is 14.4 Å². The van der Waals surface area contributed by atoms with Crippen LogP contribution in [0.5, 0.6) is 0 Å². The van der Waals surface area contributed by atoms with Crippen LogP contribution < -0.4 is 9.80 Å². The van der Waals surface area contributed by atoms with Crippen molar-refractivity contribution in [3.05, 3.63) is 167 Å². The van der Waals surface area contributed by atoms with Crippen LogP contribution in [0.25, 0.3) is 33.2 Å². The van der Waals surface area contributed by atoms with Gasteiger partial charge in [-0.15, -0.1) is 0 Å². The van der Waals surface area contributed by atoms with E-state index >= 15 is 9.59 Å². The highest BCUT2D eigenvalue weighted by molar-refractivity contribution is 6.31. The molecule has 0 aliphatic carbocycles. The van der Waals surface area contributed by atoms with E-state index in [2.05, 4.69) is 80.1 Å². The minimum atomic E-state index is -1.16. The number of anilines is 4. The summed E-state index contributed by atoms with van der Waals surface area (Å²) in [5.74, 6) is -0.690. The molecule has 79 heavy (non-hydrogen) atoms. The van der Waals surface area contributed by atoms with E-state index in [1.165, 1.54) is 0 Å². The quantitative estimate of drug-likeness (QED) is 0.153. The number of fused-ring (bicyclic) bond motifs is 5. The molecule has 11 rings (SSSR count). The number of benzene rings is 6. The fourth-order valence-electron chi connectivity index (χ4n) is 13.6. The first kappa shape index (κ1) is 53.6. The molecule has 2 fully saturated rings. The topological polar surface area (TPSA) is 125 Å². The Labute approximate surface area is 468 Å². The average molecular weight is 1080 g/mol. The molecule has 4 amide bonds. The number of aliphatic hydroxyl groups is 1. The van der Waals surface area contributed by atoms with Crippen molar-refractivity contribution in [1.29, 1.82) is 0 Å². The minimum absolute atomic E-state index is 0.0964. The number of hydrogen-bond acceptors (Lipinski definition) is 7. The number of rotatable bonds is 9. The molecule has 4 aliphatic heterocycles. The van der Waals surface area contributed by atoms with E-state index in [0.29, 0.717) is 48.6 Å². The van der Waals surface area contributed by atoms with Crippen molar-refractivity contribution < 1.29 is 33.8 Å². The highest BCUT2D eigenvalue weighted by Crippen LogP contribution is 2.58. The average Bonchev–Trinajstić information content (AvgIpc) is 2.68. The van der Waals surface area contributed by atoms with Gasteiger partial charge in [0.15, 0.2) is 0 Å². The third kappa shape index (κ3) is 9.05. The van der Waals surface area contributed by atoms with E-state index in [0.717, 1.165) is 66.9 Å². The molecule has 0 radical (unpaired) electrons. The molecule has 2 saturated heterocycles. The van der Waals surface area contributed by atoms with Crippen molar-refractivity contribution in [3.63, 3.8) is 0 Å². The molecule has 4 aliphatic rings. The van der Waals surface area contributed by atoms with E-state index < -0.39 is 46.3 Å². The van der Waals surface area contributed by atoms with Crippen LogP contribution >= 0.6 is 11.6 Å². The number of hydrogen-bond donors (Lipinski definition) is 1. The van der Waals surface area contributed by atoms with E-state index in [4.69, 9.17) is 21.1 Å². The number of aromatic nitrogens is 1. The van der Waals surface area contributed by atoms with Crippen LogP contribution in [-0.4, -0.2) is 79.8 Å². The number of likely N-dealkylation sites (tertiary alicyclic amines) is 2. The largest absolute Gasteiger partial charge is 0.444 e. The predicted octanol–water partition coefficient (Wildman–Crippen LogP) is 14.0. The summed E-state index contributed by atoms with van der Waals surface area (Å²) in [6, 6.07) is 43.0. The first-order valence-corrected chi connectivity index (χ1v) is 28.0. The van der Waals surface area contributed by atoms with Gasteiger partial charge in [0, 0.05) is 48.2 Å². The summed E-state index contributed by atoms with van der Waals surface area (Å²) in [5, 5.41) is 11.4. The standard InChI is InChI=1S/C66H70ClN5O7/c1-40(2)57-66(29-31-69(57)61(76)78-63(4,5)6)52-34-42(21-26-55(52)72(60(66)75)50-18-14-16-45(36-50)47-23-22-43-27-30-68(10)56(43)38-47)33-41(3)58-65(28-32-70(58)62(77)79-64(7,8)9)51-19-11-12-20-54(51)71(59(65)74)49-17-13-15-44(35-49)46-24-25-48(39-73)53(67)37-46/h11-27,30,34-38,40-41,57-58,73H,28-29,31-33,39H2,1-10H3/t41?,57-,58?,65-,66-/m0/s1. The molecule has 13 heteroatoms. The lowest BCUT2D eigenvalue weighted by molar-refractivity contribution is -0.124. The molecule has 6 aromatic carbocycles. The maximum atomic E-state index is 16.0. The maximum Gasteiger partial charge on any atom is 0.410 e. The number of amides is 4. The van der Waals surface area contributed by atoms with Crippen molar-refractivity contribution in [3.8, 4) is 22.3 Å². The van der Waals surface area contributed by atoms with Crippen molar-refractivity contribution in [2.75, 3.05) is 22.9 Å². The van der Waals surface area contributed by atoms with Gasteiger partial charge >= 0.3 is 12.2 Å². The molecule has 12 nitrogen and oxygen atoms in total. The highest BCUT2D eigenvalue weighted by atomic mass is 35.5. The van der Waals surface area contributed by atoms with Gasteiger partial charge in [-0.2, -0.15) is 0 Å². The molecule has 0 bridgehead atoms. The second kappa shape index (κ2) is 19.7. The molecular weight excluding hydrogens is 1010 g/mol. The number of carbonyl (C=O) groups excluding carboxylic acids is 4. The smallest absolute Gasteiger partial charge is 0.410 e. The minimum Gasteiger partial charge on any atom is -0.444 e. The normalized spacial score (nSPS) is 21.3. The Balaban J connectivity index is 1.01. The lowest BCUT2D eigenvalue weighted by Crippen LogP contribution is -2.54. The summed E-state index contributed by atoms with van der Waals surface area (Å²) in [5.41, 5.74) is 7.11. The lowest BCUT2D eigenvalue weighted by atomic mass is 9.69. The fourth-order valence-corrected chi connectivity index (χ4v) is 13.9. The van der Waals surface area contributed by atoms with Gasteiger partial charge < -0.3 is 28.9 Å². The molecule has 1 aromatic heterocycles. The SMILES string of the molecule is CC(Cc1ccc2c(c1)[C@]1(CCN(C(=O)OC(C)(C)C)[C@H]1C(C)C)C(=O)N2c1cccc(-c2ccc3ccn(C)c3c2)c1)C1N(C(=O)OC(C)(C)C)CC[C@@]12C(=O)N(c1cccc(-c3ccc(CO)c(Cl)c3)c1)c1ccccc12. The summed E-state index contributed by atoms with van der Waals surface area (Å²) in [6.45, 7) is 17.8. The molecule has 5 atom stereocenters. The van der Waals surface area contributed by atoms with E-state index in [-0.39, 0.29) is 30.3 Å². The molecule has 1 N–H and O–H groups in total. The summed E-state index contributed by atoms with van der Waals surface area (Å²) < 4.78 is 14.3. The lowest BCUT2D eigenvalue weighted by Gasteiger charge is -2.39. The van der Waals surface area contributed by atoms with Gasteiger partial charge in [-0.05, 0) is 177 Å². The van der Waals surface area contributed by atoms with Gasteiger partial charge in [-0.1, -0.05) is 111 Å². The molecular formula is C66H70ClN5O7.